The minimum atomic E-state index is 0.134. The number of methoxy groups -OCH3 is 1. The summed E-state index contributed by atoms with van der Waals surface area (Å²) in [4.78, 5) is 4.57. The number of nitrogens with zero attached hydrogens (tertiary/aromatic N) is 1. The van der Waals surface area contributed by atoms with Crippen molar-refractivity contribution >= 4 is 11.3 Å². The highest BCUT2D eigenvalue weighted by atomic mass is 32.1. The van der Waals surface area contributed by atoms with Crippen molar-refractivity contribution in [1.82, 2.24) is 10.3 Å². The number of thiazole rings is 1. The maximum absolute atomic E-state index is 5.26. The zero-order chi connectivity index (χ0) is 13.0. The van der Waals surface area contributed by atoms with Crippen LogP contribution in [0.25, 0.3) is 0 Å². The SMILES string of the molecule is CNC(c1nc(C)cs1)c1ccccc1COC. The summed E-state index contributed by atoms with van der Waals surface area (Å²) in [6.45, 7) is 2.65. The molecule has 0 saturated heterocycles. The Balaban J connectivity index is 2.38. The number of rotatable bonds is 5. The second kappa shape index (κ2) is 6.09. The normalized spacial score (nSPS) is 12.6. The van der Waals surface area contributed by atoms with E-state index in [-0.39, 0.29) is 6.04 Å². The molecule has 0 aliphatic carbocycles. The van der Waals surface area contributed by atoms with E-state index in [2.05, 4.69) is 33.9 Å². The first kappa shape index (κ1) is 13.2. The second-order valence-corrected chi connectivity index (χ2v) is 5.07. The first-order valence-corrected chi connectivity index (χ1v) is 6.80. The molecule has 1 N–H and O–H groups in total. The van der Waals surface area contributed by atoms with Crippen LogP contribution in [-0.4, -0.2) is 19.1 Å². The lowest BCUT2D eigenvalue weighted by Crippen LogP contribution is -2.19. The lowest BCUT2D eigenvalue weighted by Gasteiger charge is -2.17. The van der Waals surface area contributed by atoms with Gasteiger partial charge in [-0.25, -0.2) is 4.98 Å². The van der Waals surface area contributed by atoms with Crippen molar-refractivity contribution in [2.45, 2.75) is 19.6 Å². The summed E-state index contributed by atoms with van der Waals surface area (Å²) in [5.74, 6) is 0. The van der Waals surface area contributed by atoms with E-state index in [0.717, 1.165) is 10.7 Å². The molecule has 2 aromatic rings. The molecule has 96 valence electrons. The van der Waals surface area contributed by atoms with E-state index in [9.17, 15) is 0 Å². The smallest absolute Gasteiger partial charge is 0.114 e. The number of hydrogen-bond donors (Lipinski definition) is 1. The van der Waals surface area contributed by atoms with Crippen molar-refractivity contribution < 1.29 is 4.74 Å². The summed E-state index contributed by atoms with van der Waals surface area (Å²) in [5.41, 5.74) is 3.50. The summed E-state index contributed by atoms with van der Waals surface area (Å²) in [7, 11) is 3.68. The first-order valence-electron chi connectivity index (χ1n) is 5.92. The van der Waals surface area contributed by atoms with Crippen molar-refractivity contribution in [3.8, 4) is 0 Å². The number of hydrogen-bond acceptors (Lipinski definition) is 4. The molecule has 1 aromatic heterocycles. The van der Waals surface area contributed by atoms with E-state index < -0.39 is 0 Å². The molecule has 1 heterocycles. The summed E-state index contributed by atoms with van der Waals surface area (Å²) in [6.07, 6.45) is 0. The fraction of sp³-hybridized carbons (Fsp3) is 0.357. The maximum Gasteiger partial charge on any atom is 0.114 e. The molecule has 0 amide bonds. The van der Waals surface area contributed by atoms with Crippen LogP contribution < -0.4 is 5.32 Å². The van der Waals surface area contributed by atoms with Crippen LogP contribution in [-0.2, 0) is 11.3 Å². The summed E-state index contributed by atoms with van der Waals surface area (Å²) >= 11 is 1.69. The van der Waals surface area contributed by atoms with Crippen LogP contribution in [0.1, 0.15) is 27.9 Å². The zero-order valence-electron chi connectivity index (χ0n) is 10.9. The lowest BCUT2D eigenvalue weighted by atomic mass is 10.0. The van der Waals surface area contributed by atoms with Gasteiger partial charge < -0.3 is 10.1 Å². The molecule has 0 aliphatic heterocycles. The fourth-order valence-electron chi connectivity index (χ4n) is 2.02. The molecular weight excluding hydrogens is 244 g/mol. The number of aromatic nitrogens is 1. The summed E-state index contributed by atoms with van der Waals surface area (Å²) in [6, 6.07) is 8.46. The third-order valence-corrected chi connectivity index (χ3v) is 3.87. The van der Waals surface area contributed by atoms with Gasteiger partial charge in [0.1, 0.15) is 5.01 Å². The summed E-state index contributed by atoms with van der Waals surface area (Å²) in [5, 5.41) is 6.52. The van der Waals surface area contributed by atoms with Gasteiger partial charge in [0.15, 0.2) is 0 Å². The van der Waals surface area contributed by atoms with Crippen molar-refractivity contribution in [2.75, 3.05) is 14.2 Å². The van der Waals surface area contributed by atoms with Crippen molar-refractivity contribution in [1.29, 1.82) is 0 Å². The molecule has 1 aromatic carbocycles. The third kappa shape index (κ3) is 2.77. The maximum atomic E-state index is 5.26. The van der Waals surface area contributed by atoms with Gasteiger partial charge in [0.05, 0.1) is 12.6 Å². The van der Waals surface area contributed by atoms with Gasteiger partial charge in [-0.05, 0) is 25.1 Å². The Hall–Kier alpha value is -1.23. The average Bonchev–Trinajstić information content (AvgIpc) is 2.79. The van der Waals surface area contributed by atoms with Crippen molar-refractivity contribution in [3.63, 3.8) is 0 Å². The van der Waals surface area contributed by atoms with E-state index >= 15 is 0 Å². The van der Waals surface area contributed by atoms with E-state index in [1.807, 2.05) is 20.0 Å². The summed E-state index contributed by atoms with van der Waals surface area (Å²) < 4.78 is 5.26. The Bertz CT molecular complexity index is 510. The van der Waals surface area contributed by atoms with Crippen molar-refractivity contribution in [2.24, 2.45) is 0 Å². The Morgan fingerprint density at radius 2 is 2.17 bits per heavy atom. The van der Waals surface area contributed by atoms with Crippen LogP contribution in [0.3, 0.4) is 0 Å². The van der Waals surface area contributed by atoms with Crippen LogP contribution in [0.4, 0.5) is 0 Å². The number of nitrogens with one attached hydrogen (secondary N) is 1. The second-order valence-electron chi connectivity index (χ2n) is 4.18. The molecule has 0 spiro atoms. The highest BCUT2D eigenvalue weighted by molar-refractivity contribution is 7.09. The Morgan fingerprint density at radius 3 is 2.78 bits per heavy atom. The predicted molar refractivity (Wildman–Crippen MR) is 74.9 cm³/mol. The van der Waals surface area contributed by atoms with Crippen LogP contribution in [0.5, 0.6) is 0 Å². The zero-order valence-corrected chi connectivity index (χ0v) is 11.8. The van der Waals surface area contributed by atoms with Gasteiger partial charge >= 0.3 is 0 Å². The molecule has 1 unspecified atom stereocenters. The van der Waals surface area contributed by atoms with Gasteiger partial charge in [-0.3, -0.25) is 0 Å². The lowest BCUT2D eigenvalue weighted by molar-refractivity contribution is 0.184. The van der Waals surface area contributed by atoms with Gasteiger partial charge in [0.25, 0.3) is 0 Å². The minimum Gasteiger partial charge on any atom is -0.380 e. The van der Waals surface area contributed by atoms with Crippen LogP contribution >= 0.6 is 11.3 Å². The van der Waals surface area contributed by atoms with E-state index in [1.165, 1.54) is 11.1 Å². The minimum absolute atomic E-state index is 0.134. The molecule has 0 saturated carbocycles. The average molecular weight is 262 g/mol. The van der Waals surface area contributed by atoms with Gasteiger partial charge in [0, 0.05) is 18.2 Å². The van der Waals surface area contributed by atoms with Crippen LogP contribution in [0.15, 0.2) is 29.6 Å². The Labute approximate surface area is 112 Å². The van der Waals surface area contributed by atoms with Crippen LogP contribution in [0, 0.1) is 6.92 Å². The molecule has 0 fully saturated rings. The quantitative estimate of drug-likeness (QED) is 0.899. The predicted octanol–water partition coefficient (Wildman–Crippen LogP) is 2.91. The topological polar surface area (TPSA) is 34.2 Å². The Morgan fingerprint density at radius 1 is 1.39 bits per heavy atom. The van der Waals surface area contributed by atoms with Gasteiger partial charge in [-0.15, -0.1) is 11.3 Å². The monoisotopic (exact) mass is 262 g/mol. The van der Waals surface area contributed by atoms with Gasteiger partial charge in [-0.1, -0.05) is 24.3 Å². The van der Waals surface area contributed by atoms with Crippen molar-refractivity contribution in [3.05, 3.63) is 51.5 Å². The molecule has 1 atom stereocenters. The molecule has 2 rings (SSSR count). The van der Waals surface area contributed by atoms with Gasteiger partial charge in [-0.2, -0.15) is 0 Å². The molecule has 3 nitrogen and oxygen atoms in total. The van der Waals surface area contributed by atoms with E-state index in [1.54, 1.807) is 18.4 Å². The van der Waals surface area contributed by atoms with E-state index in [4.69, 9.17) is 4.74 Å². The van der Waals surface area contributed by atoms with E-state index in [0.29, 0.717) is 6.61 Å². The molecule has 18 heavy (non-hydrogen) atoms. The molecule has 0 radical (unpaired) electrons. The first-order chi connectivity index (χ1) is 8.76. The Kier molecular flexibility index (Phi) is 4.47. The fourth-order valence-corrected chi connectivity index (χ4v) is 2.94. The molecule has 4 heteroatoms. The molecular formula is C14H18N2OS. The molecule has 0 aliphatic rings. The van der Waals surface area contributed by atoms with Gasteiger partial charge in [0.2, 0.25) is 0 Å². The molecule has 0 bridgehead atoms. The number of benzene rings is 1. The standard InChI is InChI=1S/C14H18N2OS/c1-10-9-18-14(16-10)13(15-2)12-7-5-4-6-11(12)8-17-3/h4-7,9,13,15H,8H2,1-3H3. The number of aryl methyl sites for hydroxylation is 1. The largest absolute Gasteiger partial charge is 0.380 e. The number of ether oxygens (including phenoxy) is 1. The highest BCUT2D eigenvalue weighted by Gasteiger charge is 2.18. The third-order valence-electron chi connectivity index (χ3n) is 2.84. The highest BCUT2D eigenvalue weighted by Crippen LogP contribution is 2.27. The van der Waals surface area contributed by atoms with Crippen LogP contribution in [0.2, 0.25) is 0 Å².